The van der Waals surface area contributed by atoms with Crippen molar-refractivity contribution in [2.24, 2.45) is 0 Å². The lowest BCUT2D eigenvalue weighted by Gasteiger charge is -2.17. The zero-order valence-electron chi connectivity index (χ0n) is 14.6. The third-order valence-corrected chi connectivity index (χ3v) is 5.01. The molecule has 0 radical (unpaired) electrons. The molecule has 25 heavy (non-hydrogen) atoms. The highest BCUT2D eigenvalue weighted by molar-refractivity contribution is 5.94. The minimum Gasteiger partial charge on any atom is -0.361 e. The molecule has 130 valence electrons. The first-order valence-electron chi connectivity index (χ1n) is 8.65. The molecule has 1 atom stereocenters. The molecule has 6 nitrogen and oxygen atoms in total. The van der Waals surface area contributed by atoms with Crippen LogP contribution in [0.25, 0.3) is 10.9 Å². The summed E-state index contributed by atoms with van der Waals surface area (Å²) in [5.74, 6) is 0.343. The summed E-state index contributed by atoms with van der Waals surface area (Å²) in [4.78, 5) is 19.6. The first-order valence-corrected chi connectivity index (χ1v) is 8.65. The van der Waals surface area contributed by atoms with Gasteiger partial charge in [0.05, 0.1) is 17.5 Å². The van der Waals surface area contributed by atoms with Crippen molar-refractivity contribution < 1.29 is 4.79 Å². The second-order valence-electron chi connectivity index (χ2n) is 7.02. The zero-order chi connectivity index (χ0) is 17.4. The summed E-state index contributed by atoms with van der Waals surface area (Å²) in [6.45, 7) is 2.90. The van der Waals surface area contributed by atoms with Gasteiger partial charge in [0.25, 0.3) is 5.91 Å². The van der Waals surface area contributed by atoms with Crippen LogP contribution in [0, 0.1) is 0 Å². The molecular weight excluding hydrogens is 314 g/mol. The SMILES string of the molecule is CN(C)C(=O)c1cn[nH]c1[C@@H]1CCN(Cc2ccc3cc[nH]c3c2)C1. The van der Waals surface area contributed by atoms with E-state index in [1.54, 1.807) is 25.2 Å². The van der Waals surface area contributed by atoms with E-state index < -0.39 is 0 Å². The lowest BCUT2D eigenvalue weighted by atomic mass is 10.0. The van der Waals surface area contributed by atoms with Crippen LogP contribution in [0.1, 0.15) is 34.0 Å². The fourth-order valence-electron chi connectivity index (χ4n) is 3.68. The van der Waals surface area contributed by atoms with Gasteiger partial charge in [0.15, 0.2) is 0 Å². The van der Waals surface area contributed by atoms with Crippen LogP contribution in [0.3, 0.4) is 0 Å². The summed E-state index contributed by atoms with van der Waals surface area (Å²) in [5, 5.41) is 8.41. The predicted molar refractivity (Wildman–Crippen MR) is 97.5 cm³/mol. The molecule has 0 spiro atoms. The molecule has 6 heteroatoms. The van der Waals surface area contributed by atoms with Gasteiger partial charge in [-0.25, -0.2) is 0 Å². The summed E-state index contributed by atoms with van der Waals surface area (Å²) in [6, 6.07) is 8.67. The quantitative estimate of drug-likeness (QED) is 0.769. The number of amides is 1. The molecule has 1 aliphatic rings. The van der Waals surface area contributed by atoms with Gasteiger partial charge < -0.3 is 9.88 Å². The van der Waals surface area contributed by atoms with Crippen molar-refractivity contribution in [2.75, 3.05) is 27.2 Å². The van der Waals surface area contributed by atoms with Crippen molar-refractivity contribution in [3.8, 4) is 0 Å². The van der Waals surface area contributed by atoms with E-state index in [2.05, 4.69) is 44.3 Å². The lowest BCUT2D eigenvalue weighted by molar-refractivity contribution is 0.0826. The summed E-state index contributed by atoms with van der Waals surface area (Å²) < 4.78 is 0. The van der Waals surface area contributed by atoms with E-state index in [-0.39, 0.29) is 5.91 Å². The topological polar surface area (TPSA) is 68.0 Å². The van der Waals surface area contributed by atoms with Gasteiger partial charge in [-0.15, -0.1) is 0 Å². The highest BCUT2D eigenvalue weighted by Gasteiger charge is 2.29. The van der Waals surface area contributed by atoms with Gasteiger partial charge in [-0.2, -0.15) is 5.10 Å². The number of rotatable bonds is 4. The number of carbonyl (C=O) groups is 1. The van der Waals surface area contributed by atoms with Crippen molar-refractivity contribution in [2.45, 2.75) is 18.9 Å². The molecule has 3 aromatic rings. The fourth-order valence-corrected chi connectivity index (χ4v) is 3.68. The lowest BCUT2D eigenvalue weighted by Crippen LogP contribution is -2.24. The van der Waals surface area contributed by atoms with E-state index >= 15 is 0 Å². The van der Waals surface area contributed by atoms with Gasteiger partial charge in [0.1, 0.15) is 0 Å². The summed E-state index contributed by atoms with van der Waals surface area (Å²) in [6.07, 6.45) is 4.67. The van der Waals surface area contributed by atoms with Gasteiger partial charge in [0.2, 0.25) is 0 Å². The van der Waals surface area contributed by atoms with Crippen LogP contribution in [-0.4, -0.2) is 58.1 Å². The van der Waals surface area contributed by atoms with E-state index in [0.717, 1.165) is 31.7 Å². The van der Waals surface area contributed by atoms with E-state index in [4.69, 9.17) is 0 Å². The summed E-state index contributed by atoms with van der Waals surface area (Å²) in [5.41, 5.74) is 4.16. The van der Waals surface area contributed by atoms with E-state index in [1.165, 1.54) is 16.5 Å². The van der Waals surface area contributed by atoms with Crippen LogP contribution < -0.4 is 0 Å². The minimum atomic E-state index is 0.0133. The highest BCUT2D eigenvalue weighted by Crippen LogP contribution is 2.29. The Balaban J connectivity index is 1.46. The smallest absolute Gasteiger partial charge is 0.256 e. The summed E-state index contributed by atoms with van der Waals surface area (Å²) >= 11 is 0. The molecule has 1 fully saturated rings. The number of aromatic nitrogens is 3. The van der Waals surface area contributed by atoms with Crippen LogP contribution >= 0.6 is 0 Å². The molecule has 1 aliphatic heterocycles. The largest absolute Gasteiger partial charge is 0.361 e. The van der Waals surface area contributed by atoms with Gasteiger partial charge in [0, 0.05) is 44.8 Å². The second kappa shape index (κ2) is 6.37. The average molecular weight is 337 g/mol. The minimum absolute atomic E-state index is 0.0133. The Hall–Kier alpha value is -2.60. The number of H-pyrrole nitrogens is 2. The predicted octanol–water partition coefficient (Wildman–Crippen LogP) is 2.58. The van der Waals surface area contributed by atoms with Gasteiger partial charge in [-0.05, 0) is 36.0 Å². The number of benzene rings is 1. The maximum absolute atomic E-state index is 12.3. The Bertz CT molecular complexity index is 894. The molecule has 2 aromatic heterocycles. The van der Waals surface area contributed by atoms with Crippen molar-refractivity contribution in [1.29, 1.82) is 0 Å². The van der Waals surface area contributed by atoms with Crippen molar-refractivity contribution in [1.82, 2.24) is 25.0 Å². The molecule has 3 heterocycles. The number of aromatic amines is 2. The molecule has 4 rings (SSSR count). The monoisotopic (exact) mass is 337 g/mol. The molecule has 1 amide bonds. The maximum atomic E-state index is 12.3. The first-order chi connectivity index (χ1) is 12.1. The van der Waals surface area contributed by atoms with Crippen molar-refractivity contribution >= 4 is 16.8 Å². The number of hydrogen-bond acceptors (Lipinski definition) is 3. The number of likely N-dealkylation sites (tertiary alicyclic amines) is 1. The number of carbonyl (C=O) groups excluding carboxylic acids is 1. The normalized spacial score (nSPS) is 18.1. The zero-order valence-corrected chi connectivity index (χ0v) is 14.6. The van der Waals surface area contributed by atoms with Crippen LogP contribution in [0.15, 0.2) is 36.7 Å². The first kappa shape index (κ1) is 15.9. The van der Waals surface area contributed by atoms with Gasteiger partial charge >= 0.3 is 0 Å². The molecule has 0 unspecified atom stereocenters. The molecular formula is C19H23N5O. The van der Waals surface area contributed by atoms with Crippen LogP contribution in [0.2, 0.25) is 0 Å². The molecule has 0 saturated carbocycles. The van der Waals surface area contributed by atoms with Crippen LogP contribution in [0.5, 0.6) is 0 Å². The molecule has 2 N–H and O–H groups in total. The number of hydrogen-bond donors (Lipinski definition) is 2. The number of nitrogens with one attached hydrogen (secondary N) is 2. The Kier molecular flexibility index (Phi) is 4.05. The van der Waals surface area contributed by atoms with Crippen LogP contribution in [-0.2, 0) is 6.54 Å². The van der Waals surface area contributed by atoms with Gasteiger partial charge in [-0.3, -0.25) is 14.8 Å². The third-order valence-electron chi connectivity index (χ3n) is 5.01. The third kappa shape index (κ3) is 3.05. The second-order valence-corrected chi connectivity index (χ2v) is 7.02. The Morgan fingerprint density at radius 3 is 3.08 bits per heavy atom. The van der Waals surface area contributed by atoms with Crippen molar-refractivity contribution in [3.63, 3.8) is 0 Å². The van der Waals surface area contributed by atoms with Crippen LogP contribution in [0.4, 0.5) is 0 Å². The van der Waals surface area contributed by atoms with E-state index in [0.29, 0.717) is 11.5 Å². The Morgan fingerprint density at radius 2 is 2.24 bits per heavy atom. The van der Waals surface area contributed by atoms with Crippen molar-refractivity contribution in [3.05, 3.63) is 53.5 Å². The Labute approximate surface area is 146 Å². The Morgan fingerprint density at radius 1 is 1.36 bits per heavy atom. The molecule has 0 bridgehead atoms. The highest BCUT2D eigenvalue weighted by atomic mass is 16.2. The molecule has 1 aromatic carbocycles. The summed E-state index contributed by atoms with van der Waals surface area (Å²) in [7, 11) is 3.55. The molecule has 1 saturated heterocycles. The standard InChI is InChI=1S/C19H23N5O/c1-23(2)19(25)16-10-21-22-18(16)15-6-8-24(12-15)11-13-3-4-14-5-7-20-17(14)9-13/h3-5,7,9-10,15,20H,6,8,11-12H2,1-2H3,(H,21,22)/t15-/m1/s1. The van der Waals surface area contributed by atoms with E-state index in [9.17, 15) is 4.79 Å². The fraction of sp³-hybridized carbons (Fsp3) is 0.368. The number of nitrogens with zero attached hydrogens (tertiary/aromatic N) is 3. The number of fused-ring (bicyclic) bond motifs is 1. The van der Waals surface area contributed by atoms with Gasteiger partial charge in [-0.1, -0.05) is 12.1 Å². The maximum Gasteiger partial charge on any atom is 0.256 e. The molecule has 0 aliphatic carbocycles. The average Bonchev–Trinajstić information content (AvgIpc) is 3.33. The van der Waals surface area contributed by atoms with E-state index in [1.807, 2.05) is 6.20 Å².